The van der Waals surface area contributed by atoms with Crippen LogP contribution < -0.4 is 10.6 Å². The Labute approximate surface area is 122 Å². The van der Waals surface area contributed by atoms with Gasteiger partial charge in [-0.1, -0.05) is 11.6 Å². The van der Waals surface area contributed by atoms with Gasteiger partial charge in [-0.2, -0.15) is 0 Å². The highest BCUT2D eigenvalue weighted by Crippen LogP contribution is 2.20. The summed E-state index contributed by atoms with van der Waals surface area (Å²) in [5.41, 5.74) is 2.03. The second-order valence-electron chi connectivity index (χ2n) is 4.10. The van der Waals surface area contributed by atoms with E-state index >= 15 is 0 Å². The maximum Gasteiger partial charge on any atom is 0.253 e. The summed E-state index contributed by atoms with van der Waals surface area (Å²) < 4.78 is 0. The largest absolute Gasteiger partial charge is 0.385 e. The van der Waals surface area contributed by atoms with Gasteiger partial charge in [-0.3, -0.25) is 4.79 Å². The summed E-state index contributed by atoms with van der Waals surface area (Å²) >= 11 is 5.95. The van der Waals surface area contributed by atoms with E-state index in [-0.39, 0.29) is 5.91 Å². The SMILES string of the molecule is CCNc1ccc(Cl)cc1C(=O)NCc1ccncn1. The molecule has 20 heavy (non-hydrogen) atoms. The predicted molar refractivity (Wildman–Crippen MR) is 78.8 cm³/mol. The van der Waals surface area contributed by atoms with E-state index in [2.05, 4.69) is 20.6 Å². The van der Waals surface area contributed by atoms with Gasteiger partial charge in [-0.15, -0.1) is 0 Å². The van der Waals surface area contributed by atoms with Crippen molar-refractivity contribution < 1.29 is 4.79 Å². The van der Waals surface area contributed by atoms with Crippen molar-refractivity contribution in [3.63, 3.8) is 0 Å². The minimum Gasteiger partial charge on any atom is -0.385 e. The number of hydrogen-bond donors (Lipinski definition) is 2. The van der Waals surface area contributed by atoms with Crippen LogP contribution >= 0.6 is 11.6 Å². The van der Waals surface area contributed by atoms with E-state index in [1.807, 2.05) is 6.92 Å². The molecule has 2 N–H and O–H groups in total. The zero-order valence-corrected chi connectivity index (χ0v) is 11.8. The summed E-state index contributed by atoms with van der Waals surface area (Å²) in [4.78, 5) is 20.1. The summed E-state index contributed by atoms with van der Waals surface area (Å²) in [6, 6.07) is 6.95. The number of carbonyl (C=O) groups excluding carboxylic acids is 1. The molecule has 2 rings (SSSR count). The molecule has 0 spiro atoms. The number of benzene rings is 1. The molecule has 2 aromatic rings. The Hall–Kier alpha value is -2.14. The van der Waals surface area contributed by atoms with E-state index in [9.17, 15) is 4.79 Å². The topological polar surface area (TPSA) is 66.9 Å². The third-order valence-electron chi connectivity index (χ3n) is 2.67. The van der Waals surface area contributed by atoms with Crippen molar-refractivity contribution >= 4 is 23.2 Å². The molecule has 0 unspecified atom stereocenters. The molecule has 0 aliphatic rings. The van der Waals surface area contributed by atoms with E-state index in [1.165, 1.54) is 6.33 Å². The Balaban J connectivity index is 2.10. The number of halogens is 1. The van der Waals surface area contributed by atoms with Gasteiger partial charge in [0.1, 0.15) is 6.33 Å². The van der Waals surface area contributed by atoms with Crippen molar-refractivity contribution in [3.8, 4) is 0 Å². The molecule has 0 saturated heterocycles. The summed E-state index contributed by atoms with van der Waals surface area (Å²) in [6.07, 6.45) is 3.09. The Morgan fingerprint density at radius 1 is 1.35 bits per heavy atom. The zero-order valence-electron chi connectivity index (χ0n) is 11.1. The first kappa shape index (κ1) is 14.3. The molecule has 6 heteroatoms. The number of hydrogen-bond acceptors (Lipinski definition) is 4. The standard InChI is InChI=1S/C14H15ClN4O/c1-2-17-13-4-3-10(15)7-12(13)14(20)18-8-11-5-6-16-9-19-11/h3-7,9,17H,2,8H2,1H3,(H,18,20). The lowest BCUT2D eigenvalue weighted by Crippen LogP contribution is -2.24. The van der Waals surface area contributed by atoms with Crippen molar-refractivity contribution in [1.29, 1.82) is 0 Å². The predicted octanol–water partition coefficient (Wildman–Crippen LogP) is 2.49. The van der Waals surface area contributed by atoms with Gasteiger partial charge < -0.3 is 10.6 Å². The lowest BCUT2D eigenvalue weighted by molar-refractivity contribution is 0.0951. The van der Waals surface area contributed by atoms with Crippen LogP contribution in [0, 0.1) is 0 Å². The molecule has 0 saturated carbocycles. The number of nitrogens with one attached hydrogen (secondary N) is 2. The van der Waals surface area contributed by atoms with Crippen molar-refractivity contribution in [2.45, 2.75) is 13.5 Å². The van der Waals surface area contributed by atoms with Gasteiger partial charge in [0.05, 0.1) is 17.8 Å². The second kappa shape index (κ2) is 6.86. The molecule has 1 heterocycles. The van der Waals surface area contributed by atoms with Gasteiger partial charge >= 0.3 is 0 Å². The highest BCUT2D eigenvalue weighted by atomic mass is 35.5. The Morgan fingerprint density at radius 3 is 2.90 bits per heavy atom. The number of aromatic nitrogens is 2. The molecular weight excluding hydrogens is 276 g/mol. The molecule has 0 aliphatic carbocycles. The highest BCUT2D eigenvalue weighted by molar-refractivity contribution is 6.31. The molecular formula is C14H15ClN4O. The van der Waals surface area contributed by atoms with Crippen LogP contribution in [0.3, 0.4) is 0 Å². The average Bonchev–Trinajstić information content (AvgIpc) is 2.48. The first-order chi connectivity index (χ1) is 9.70. The third-order valence-corrected chi connectivity index (χ3v) is 2.90. The molecule has 104 valence electrons. The monoisotopic (exact) mass is 290 g/mol. The van der Waals surface area contributed by atoms with Crippen LogP contribution in [0.25, 0.3) is 0 Å². The van der Waals surface area contributed by atoms with Gasteiger partial charge in [0, 0.05) is 23.5 Å². The Bertz CT molecular complexity index is 589. The molecule has 0 bridgehead atoms. The van der Waals surface area contributed by atoms with Gasteiger partial charge in [-0.05, 0) is 31.2 Å². The lowest BCUT2D eigenvalue weighted by atomic mass is 10.1. The fourth-order valence-electron chi connectivity index (χ4n) is 1.74. The van der Waals surface area contributed by atoms with Crippen molar-refractivity contribution in [2.75, 3.05) is 11.9 Å². The first-order valence-electron chi connectivity index (χ1n) is 6.27. The summed E-state index contributed by atoms with van der Waals surface area (Å²) in [7, 11) is 0. The van der Waals surface area contributed by atoms with Crippen LogP contribution in [0.5, 0.6) is 0 Å². The van der Waals surface area contributed by atoms with Gasteiger partial charge in [0.2, 0.25) is 0 Å². The Morgan fingerprint density at radius 2 is 2.20 bits per heavy atom. The van der Waals surface area contributed by atoms with E-state index in [0.717, 1.165) is 17.9 Å². The molecule has 0 fully saturated rings. The fourth-order valence-corrected chi connectivity index (χ4v) is 1.91. The molecule has 0 atom stereocenters. The number of anilines is 1. The Kier molecular flexibility index (Phi) is 4.90. The molecule has 1 aromatic carbocycles. The van der Waals surface area contributed by atoms with Crippen molar-refractivity contribution in [2.24, 2.45) is 0 Å². The van der Waals surface area contributed by atoms with Gasteiger partial charge in [-0.25, -0.2) is 9.97 Å². The molecule has 1 aromatic heterocycles. The smallest absolute Gasteiger partial charge is 0.253 e. The second-order valence-corrected chi connectivity index (χ2v) is 4.54. The average molecular weight is 291 g/mol. The van der Waals surface area contributed by atoms with Crippen LogP contribution in [-0.2, 0) is 6.54 Å². The molecule has 1 amide bonds. The number of nitrogens with zero attached hydrogens (tertiary/aromatic N) is 2. The van der Waals surface area contributed by atoms with Crippen LogP contribution in [-0.4, -0.2) is 22.4 Å². The van der Waals surface area contributed by atoms with Crippen LogP contribution in [0.2, 0.25) is 5.02 Å². The van der Waals surface area contributed by atoms with Crippen LogP contribution in [0.4, 0.5) is 5.69 Å². The van der Waals surface area contributed by atoms with Gasteiger partial charge in [0.25, 0.3) is 5.91 Å². The fraction of sp³-hybridized carbons (Fsp3) is 0.214. The van der Waals surface area contributed by atoms with E-state index in [1.54, 1.807) is 30.5 Å². The highest BCUT2D eigenvalue weighted by Gasteiger charge is 2.11. The van der Waals surface area contributed by atoms with Crippen LogP contribution in [0.15, 0.2) is 36.8 Å². The number of amides is 1. The third kappa shape index (κ3) is 3.68. The van der Waals surface area contributed by atoms with E-state index < -0.39 is 0 Å². The first-order valence-corrected chi connectivity index (χ1v) is 6.65. The summed E-state index contributed by atoms with van der Waals surface area (Å²) in [5, 5.41) is 6.48. The van der Waals surface area contributed by atoms with Gasteiger partial charge in [0.15, 0.2) is 0 Å². The molecule has 0 aliphatic heterocycles. The zero-order chi connectivity index (χ0) is 14.4. The quantitative estimate of drug-likeness (QED) is 0.888. The van der Waals surface area contributed by atoms with E-state index in [4.69, 9.17) is 11.6 Å². The summed E-state index contributed by atoms with van der Waals surface area (Å²) in [6.45, 7) is 3.05. The normalized spacial score (nSPS) is 10.1. The minimum atomic E-state index is -0.193. The van der Waals surface area contributed by atoms with Crippen LogP contribution in [0.1, 0.15) is 23.0 Å². The van der Waals surface area contributed by atoms with E-state index in [0.29, 0.717) is 17.1 Å². The molecule has 5 nitrogen and oxygen atoms in total. The number of rotatable bonds is 5. The molecule has 0 radical (unpaired) electrons. The maximum atomic E-state index is 12.2. The van der Waals surface area contributed by atoms with Crippen molar-refractivity contribution in [3.05, 3.63) is 53.1 Å². The summed E-state index contributed by atoms with van der Waals surface area (Å²) in [5.74, 6) is -0.193. The lowest BCUT2D eigenvalue weighted by Gasteiger charge is -2.11. The minimum absolute atomic E-state index is 0.193. The maximum absolute atomic E-state index is 12.2. The number of carbonyl (C=O) groups is 1. The van der Waals surface area contributed by atoms with Crippen molar-refractivity contribution in [1.82, 2.24) is 15.3 Å².